The van der Waals surface area contributed by atoms with E-state index < -0.39 is 0 Å². The van der Waals surface area contributed by atoms with Crippen LogP contribution in [-0.2, 0) is 0 Å². The number of hydrogen-bond donors (Lipinski definition) is 2. The molecule has 0 aliphatic carbocycles. The first-order valence-electron chi connectivity index (χ1n) is 4.27. The Kier molecular flexibility index (Phi) is 11.9. The summed E-state index contributed by atoms with van der Waals surface area (Å²) in [6, 6.07) is 17.4. The fourth-order valence-electron chi connectivity index (χ4n) is 0.856. The van der Waals surface area contributed by atoms with Crippen molar-refractivity contribution in [1.82, 2.24) is 0 Å². The maximum Gasteiger partial charge on any atom is 2.00 e. The molecule has 0 spiro atoms. The van der Waals surface area contributed by atoms with E-state index in [1.54, 1.807) is 48.5 Å². The molecular weight excluding hydrogens is 232 g/mol. The number of phenolic OH excluding ortho intramolecular Hbond substituents is 2. The molecule has 0 aromatic heterocycles. The summed E-state index contributed by atoms with van der Waals surface area (Å²) in [7, 11) is 0. The molecule has 2 rings (SSSR count). The van der Waals surface area contributed by atoms with Crippen molar-refractivity contribution in [3.8, 4) is 11.5 Å². The predicted molar refractivity (Wildman–Crippen MR) is 67.8 cm³/mol. The molecule has 2 aromatic rings. The molecular formula is C12H16CaO3. The van der Waals surface area contributed by atoms with Gasteiger partial charge in [0, 0.05) is 0 Å². The Labute approximate surface area is 128 Å². The maximum atomic E-state index is 8.63. The largest absolute Gasteiger partial charge is 2.00 e. The Morgan fingerprint density at radius 2 is 0.875 bits per heavy atom. The van der Waals surface area contributed by atoms with Crippen LogP contribution in [0.5, 0.6) is 11.5 Å². The van der Waals surface area contributed by atoms with E-state index in [2.05, 4.69) is 0 Å². The van der Waals surface area contributed by atoms with E-state index in [0.717, 1.165) is 0 Å². The van der Waals surface area contributed by atoms with Crippen molar-refractivity contribution in [3.05, 3.63) is 60.7 Å². The zero-order valence-electron chi connectivity index (χ0n) is 10.9. The van der Waals surface area contributed by atoms with Crippen LogP contribution in [0.1, 0.15) is 2.85 Å². The van der Waals surface area contributed by atoms with Gasteiger partial charge in [0.1, 0.15) is 11.5 Å². The van der Waals surface area contributed by atoms with Gasteiger partial charge in [-0.15, -0.1) is 0 Å². The van der Waals surface area contributed by atoms with Crippen molar-refractivity contribution in [2.24, 2.45) is 0 Å². The first-order chi connectivity index (χ1) is 6.79. The minimum absolute atomic E-state index is 0. The first-order valence-corrected chi connectivity index (χ1v) is 4.27. The maximum absolute atomic E-state index is 8.63. The van der Waals surface area contributed by atoms with Crippen molar-refractivity contribution in [3.63, 3.8) is 0 Å². The second-order valence-electron chi connectivity index (χ2n) is 2.67. The monoisotopic (exact) mass is 248 g/mol. The summed E-state index contributed by atoms with van der Waals surface area (Å²) in [5, 5.41) is 17.3. The number of aromatic hydroxyl groups is 2. The molecule has 0 bridgehead atoms. The molecule has 0 fully saturated rings. The molecule has 4 heteroatoms. The van der Waals surface area contributed by atoms with E-state index >= 15 is 0 Å². The molecule has 0 aliphatic heterocycles. The van der Waals surface area contributed by atoms with E-state index in [0.29, 0.717) is 11.5 Å². The third-order valence-electron chi connectivity index (χ3n) is 1.51. The Morgan fingerprint density at radius 3 is 1.00 bits per heavy atom. The second kappa shape index (κ2) is 10.8. The zero-order chi connectivity index (χ0) is 10.2. The van der Waals surface area contributed by atoms with Crippen LogP contribution < -0.4 is 0 Å². The smallest absolute Gasteiger partial charge is 1.00 e. The molecule has 0 unspecified atom stereocenters. The standard InChI is InChI=1S/2C6H6O.Ca.H2O.2H/c2*7-6-4-2-1-3-5-6;;;;/h2*1-5,7H;;1H2;;/q;;+2;;2*-1. The fourth-order valence-corrected chi connectivity index (χ4v) is 0.856. The van der Waals surface area contributed by atoms with E-state index in [1.807, 2.05) is 12.1 Å². The first kappa shape index (κ1) is 17.6. The van der Waals surface area contributed by atoms with Gasteiger partial charge >= 0.3 is 37.7 Å². The molecule has 0 saturated carbocycles. The van der Waals surface area contributed by atoms with Crippen LogP contribution in [0.25, 0.3) is 0 Å². The summed E-state index contributed by atoms with van der Waals surface area (Å²) in [5.74, 6) is 0.644. The number of phenols is 2. The van der Waals surface area contributed by atoms with E-state index in [4.69, 9.17) is 10.2 Å². The third kappa shape index (κ3) is 8.56. The summed E-state index contributed by atoms with van der Waals surface area (Å²) in [6.45, 7) is 0. The molecule has 0 aliphatic rings. The van der Waals surface area contributed by atoms with Crippen LogP contribution in [0, 0.1) is 0 Å². The SMILES string of the molecule is O.Oc1ccccc1.Oc1ccccc1.[Ca+2].[H-].[H-]. The Morgan fingerprint density at radius 1 is 0.625 bits per heavy atom. The Hall–Kier alpha value is -0.740. The number of hydrogen-bond acceptors (Lipinski definition) is 2. The van der Waals surface area contributed by atoms with Crippen LogP contribution >= 0.6 is 0 Å². The summed E-state index contributed by atoms with van der Waals surface area (Å²) in [4.78, 5) is 0. The van der Waals surface area contributed by atoms with Crippen molar-refractivity contribution >= 4 is 37.7 Å². The molecule has 4 N–H and O–H groups in total. The van der Waals surface area contributed by atoms with E-state index in [-0.39, 0.29) is 46.1 Å². The minimum atomic E-state index is 0. The summed E-state index contributed by atoms with van der Waals surface area (Å²) < 4.78 is 0. The van der Waals surface area contributed by atoms with Crippen molar-refractivity contribution in [1.29, 1.82) is 0 Å². The van der Waals surface area contributed by atoms with Gasteiger partial charge in [-0.25, -0.2) is 0 Å². The van der Waals surface area contributed by atoms with Gasteiger partial charge in [-0.3, -0.25) is 0 Å². The third-order valence-corrected chi connectivity index (χ3v) is 1.51. The normalized spacial score (nSPS) is 7.50. The van der Waals surface area contributed by atoms with Crippen LogP contribution in [0.3, 0.4) is 0 Å². The predicted octanol–water partition coefficient (Wildman–Crippen LogP) is 1.80. The van der Waals surface area contributed by atoms with Crippen molar-refractivity contribution < 1.29 is 18.5 Å². The van der Waals surface area contributed by atoms with Gasteiger partial charge < -0.3 is 18.5 Å². The molecule has 0 saturated heterocycles. The molecule has 0 amide bonds. The average Bonchev–Trinajstić information content (AvgIpc) is 2.21. The number of rotatable bonds is 0. The summed E-state index contributed by atoms with van der Waals surface area (Å²) >= 11 is 0. The summed E-state index contributed by atoms with van der Waals surface area (Å²) in [6.07, 6.45) is 0. The quantitative estimate of drug-likeness (QED) is 0.698. The fraction of sp³-hybridized carbons (Fsp3) is 0. The van der Waals surface area contributed by atoms with Gasteiger partial charge in [-0.05, 0) is 24.3 Å². The Bertz CT molecular complexity index is 323. The molecule has 0 atom stereocenters. The number of para-hydroxylation sites is 2. The average molecular weight is 248 g/mol. The topological polar surface area (TPSA) is 72.0 Å². The molecule has 16 heavy (non-hydrogen) atoms. The van der Waals surface area contributed by atoms with Gasteiger partial charge in [0.25, 0.3) is 0 Å². The van der Waals surface area contributed by atoms with E-state index in [1.165, 1.54) is 0 Å². The minimum Gasteiger partial charge on any atom is -1.00 e. The van der Waals surface area contributed by atoms with Crippen LogP contribution in [0.2, 0.25) is 0 Å². The van der Waals surface area contributed by atoms with Crippen LogP contribution in [0.4, 0.5) is 0 Å². The van der Waals surface area contributed by atoms with Gasteiger partial charge in [-0.1, -0.05) is 36.4 Å². The van der Waals surface area contributed by atoms with Crippen molar-refractivity contribution in [2.75, 3.05) is 0 Å². The molecule has 84 valence electrons. The Balaban J connectivity index is -0.0000000891. The van der Waals surface area contributed by atoms with Crippen LogP contribution in [-0.4, -0.2) is 53.4 Å². The van der Waals surface area contributed by atoms with Gasteiger partial charge in [0.05, 0.1) is 0 Å². The molecule has 3 nitrogen and oxygen atoms in total. The van der Waals surface area contributed by atoms with Gasteiger partial charge in [-0.2, -0.15) is 0 Å². The number of benzene rings is 2. The zero-order valence-corrected chi connectivity index (χ0v) is 11.1. The second-order valence-corrected chi connectivity index (χ2v) is 2.67. The van der Waals surface area contributed by atoms with Crippen molar-refractivity contribution in [2.45, 2.75) is 0 Å². The van der Waals surface area contributed by atoms with E-state index in [9.17, 15) is 0 Å². The van der Waals surface area contributed by atoms with Crippen LogP contribution in [0.15, 0.2) is 60.7 Å². The molecule has 0 heterocycles. The molecule has 2 aromatic carbocycles. The molecule has 0 radical (unpaired) electrons. The van der Waals surface area contributed by atoms with Gasteiger partial charge in [0.15, 0.2) is 0 Å². The summed E-state index contributed by atoms with van der Waals surface area (Å²) in [5.41, 5.74) is 0. The van der Waals surface area contributed by atoms with Gasteiger partial charge in [0.2, 0.25) is 0 Å².